The number of nitro benzene ring substituents is 1. The van der Waals surface area contributed by atoms with Crippen LogP contribution in [0.4, 0.5) is 11.4 Å². The summed E-state index contributed by atoms with van der Waals surface area (Å²) in [5.74, 6) is 0.0706. The largest absolute Gasteiger partial charge is 0.496 e. The summed E-state index contributed by atoms with van der Waals surface area (Å²) < 4.78 is 10.4. The van der Waals surface area contributed by atoms with Crippen LogP contribution >= 0.6 is 11.8 Å². The van der Waals surface area contributed by atoms with E-state index in [0.717, 1.165) is 4.90 Å². The van der Waals surface area contributed by atoms with Crippen LogP contribution in [-0.4, -0.2) is 31.3 Å². The number of nitro groups is 1. The van der Waals surface area contributed by atoms with Gasteiger partial charge in [-0.3, -0.25) is 14.9 Å². The van der Waals surface area contributed by atoms with E-state index < -0.39 is 10.8 Å². The molecular formula is C16H16N2O5S. The number of ether oxygens (including phenoxy) is 2. The van der Waals surface area contributed by atoms with Crippen molar-refractivity contribution in [3.63, 3.8) is 0 Å². The molecule has 0 atom stereocenters. The number of carbonyl (C=O) groups is 1. The van der Waals surface area contributed by atoms with Crippen molar-refractivity contribution in [1.29, 1.82) is 0 Å². The van der Waals surface area contributed by atoms with E-state index in [4.69, 9.17) is 9.47 Å². The molecule has 1 N–H and O–H groups in total. The number of carbonyl (C=O) groups excluding carboxylic acids is 1. The van der Waals surface area contributed by atoms with E-state index in [-0.39, 0.29) is 22.7 Å². The number of amides is 1. The van der Waals surface area contributed by atoms with Crippen molar-refractivity contribution in [1.82, 2.24) is 0 Å². The van der Waals surface area contributed by atoms with E-state index in [0.29, 0.717) is 5.75 Å². The molecule has 0 unspecified atom stereocenters. The Morgan fingerprint density at radius 1 is 1.17 bits per heavy atom. The predicted molar refractivity (Wildman–Crippen MR) is 92.4 cm³/mol. The second-order valence-corrected chi connectivity index (χ2v) is 5.51. The fourth-order valence-electron chi connectivity index (χ4n) is 2.13. The van der Waals surface area contributed by atoms with Gasteiger partial charge < -0.3 is 14.8 Å². The highest BCUT2D eigenvalue weighted by atomic mass is 32.2. The average Bonchev–Trinajstić information content (AvgIpc) is 2.60. The van der Waals surface area contributed by atoms with Gasteiger partial charge in [-0.25, -0.2) is 0 Å². The summed E-state index contributed by atoms with van der Waals surface area (Å²) in [5.41, 5.74) is 0.0314. The number of hydrogen-bond acceptors (Lipinski definition) is 6. The van der Waals surface area contributed by atoms with E-state index >= 15 is 0 Å². The lowest BCUT2D eigenvalue weighted by molar-refractivity contribution is -0.384. The monoisotopic (exact) mass is 348 g/mol. The van der Waals surface area contributed by atoms with E-state index in [2.05, 4.69) is 5.32 Å². The number of anilines is 1. The Labute approximate surface area is 143 Å². The maximum Gasteiger partial charge on any atom is 0.296 e. The van der Waals surface area contributed by atoms with Crippen molar-refractivity contribution in [2.45, 2.75) is 4.90 Å². The number of nitrogens with one attached hydrogen (secondary N) is 1. The normalized spacial score (nSPS) is 10.1. The van der Waals surface area contributed by atoms with Crippen LogP contribution < -0.4 is 14.8 Å². The van der Waals surface area contributed by atoms with Crippen LogP contribution in [0.2, 0.25) is 0 Å². The molecular weight excluding hydrogens is 332 g/mol. The van der Waals surface area contributed by atoms with Crippen molar-refractivity contribution < 1.29 is 19.2 Å². The summed E-state index contributed by atoms with van der Waals surface area (Å²) in [6.45, 7) is 0. The molecule has 0 aliphatic rings. The van der Waals surface area contributed by atoms with Crippen LogP contribution in [0.3, 0.4) is 0 Å². The molecule has 0 heterocycles. The fraction of sp³-hybridized carbons (Fsp3) is 0.188. The van der Waals surface area contributed by atoms with Crippen LogP contribution in [-0.2, 0) is 0 Å². The Bertz CT molecular complexity index is 779. The molecule has 1 amide bonds. The minimum absolute atomic E-state index is 0.00555. The Morgan fingerprint density at radius 3 is 2.46 bits per heavy atom. The smallest absolute Gasteiger partial charge is 0.296 e. The second kappa shape index (κ2) is 7.69. The molecule has 0 radical (unpaired) electrons. The van der Waals surface area contributed by atoms with Gasteiger partial charge in [-0.05, 0) is 30.5 Å². The molecule has 2 rings (SSSR count). The highest BCUT2D eigenvalue weighted by Gasteiger charge is 2.22. The molecule has 0 saturated heterocycles. The van der Waals surface area contributed by atoms with Gasteiger partial charge in [-0.1, -0.05) is 6.07 Å². The number of hydrogen-bond donors (Lipinski definition) is 1. The number of methoxy groups -OCH3 is 2. The van der Waals surface area contributed by atoms with Gasteiger partial charge in [0.25, 0.3) is 11.6 Å². The molecule has 0 aliphatic heterocycles. The van der Waals surface area contributed by atoms with Crippen molar-refractivity contribution in [2.75, 3.05) is 25.8 Å². The first kappa shape index (κ1) is 17.6. The molecule has 24 heavy (non-hydrogen) atoms. The number of thioether (sulfide) groups is 1. The number of benzene rings is 2. The van der Waals surface area contributed by atoms with Crippen LogP contribution in [0.5, 0.6) is 11.5 Å². The van der Waals surface area contributed by atoms with Crippen molar-refractivity contribution in [2.24, 2.45) is 0 Å². The molecule has 0 aliphatic carbocycles. The lowest BCUT2D eigenvalue weighted by Crippen LogP contribution is -2.15. The van der Waals surface area contributed by atoms with Crippen molar-refractivity contribution in [3.05, 3.63) is 52.1 Å². The molecule has 126 valence electrons. The lowest BCUT2D eigenvalue weighted by atomic mass is 10.1. The van der Waals surface area contributed by atoms with Crippen LogP contribution in [0.1, 0.15) is 10.4 Å². The highest BCUT2D eigenvalue weighted by Crippen LogP contribution is 2.35. The van der Waals surface area contributed by atoms with Gasteiger partial charge in [0.05, 0.1) is 24.7 Å². The first-order valence-electron chi connectivity index (χ1n) is 6.86. The number of nitrogens with zero attached hydrogens (tertiary/aromatic N) is 1. The summed E-state index contributed by atoms with van der Waals surface area (Å²) in [6, 6.07) is 9.44. The Balaban J connectivity index is 2.42. The summed E-state index contributed by atoms with van der Waals surface area (Å²) in [4.78, 5) is 24.1. The fourth-order valence-corrected chi connectivity index (χ4v) is 2.56. The minimum Gasteiger partial charge on any atom is -0.496 e. The molecule has 0 aromatic heterocycles. The maximum atomic E-state index is 12.6. The lowest BCUT2D eigenvalue weighted by Gasteiger charge is -2.13. The van der Waals surface area contributed by atoms with Gasteiger partial charge in [0.1, 0.15) is 11.5 Å². The molecule has 0 spiro atoms. The summed E-state index contributed by atoms with van der Waals surface area (Å²) in [7, 11) is 2.84. The molecule has 2 aromatic carbocycles. The van der Waals surface area contributed by atoms with Gasteiger partial charge in [-0.2, -0.15) is 0 Å². The van der Waals surface area contributed by atoms with Crippen LogP contribution in [0.25, 0.3) is 0 Å². The summed E-state index contributed by atoms with van der Waals surface area (Å²) >= 11 is 1.51. The molecule has 0 bridgehead atoms. The van der Waals surface area contributed by atoms with E-state index in [1.54, 1.807) is 18.2 Å². The Hall–Kier alpha value is -2.74. The summed E-state index contributed by atoms with van der Waals surface area (Å²) in [5, 5.41) is 13.7. The zero-order chi connectivity index (χ0) is 17.7. The van der Waals surface area contributed by atoms with Crippen LogP contribution in [0.15, 0.2) is 41.3 Å². The molecule has 0 fully saturated rings. The maximum absolute atomic E-state index is 12.6. The zero-order valence-electron chi connectivity index (χ0n) is 13.4. The third-order valence-electron chi connectivity index (χ3n) is 3.31. The average molecular weight is 348 g/mol. The molecule has 2 aromatic rings. The predicted octanol–water partition coefficient (Wildman–Crippen LogP) is 3.59. The van der Waals surface area contributed by atoms with Crippen LogP contribution in [0, 0.1) is 10.1 Å². The van der Waals surface area contributed by atoms with Crippen molar-refractivity contribution >= 4 is 29.0 Å². The molecule has 7 nitrogen and oxygen atoms in total. The number of rotatable bonds is 6. The van der Waals surface area contributed by atoms with Gasteiger partial charge in [0, 0.05) is 11.0 Å². The SMILES string of the molecule is COc1cc(SC)ccc1C(=O)Nc1c(OC)cccc1[N+](=O)[O-]. The van der Waals surface area contributed by atoms with Gasteiger partial charge in [0.2, 0.25) is 0 Å². The first-order valence-corrected chi connectivity index (χ1v) is 8.09. The third-order valence-corrected chi connectivity index (χ3v) is 4.04. The van der Waals surface area contributed by atoms with E-state index in [1.807, 2.05) is 6.26 Å². The summed E-state index contributed by atoms with van der Waals surface area (Å²) in [6.07, 6.45) is 1.91. The Morgan fingerprint density at radius 2 is 1.88 bits per heavy atom. The number of para-hydroxylation sites is 1. The topological polar surface area (TPSA) is 90.7 Å². The quantitative estimate of drug-likeness (QED) is 0.487. The van der Waals surface area contributed by atoms with Crippen molar-refractivity contribution in [3.8, 4) is 11.5 Å². The van der Waals surface area contributed by atoms with Gasteiger partial charge >= 0.3 is 0 Å². The van der Waals surface area contributed by atoms with E-state index in [1.165, 1.54) is 44.2 Å². The highest BCUT2D eigenvalue weighted by molar-refractivity contribution is 7.98. The third kappa shape index (κ3) is 3.60. The Kier molecular flexibility index (Phi) is 5.64. The van der Waals surface area contributed by atoms with Gasteiger partial charge in [-0.15, -0.1) is 11.8 Å². The van der Waals surface area contributed by atoms with E-state index in [9.17, 15) is 14.9 Å². The molecule has 0 saturated carbocycles. The zero-order valence-corrected chi connectivity index (χ0v) is 14.2. The standard InChI is InChI=1S/C16H16N2O5S/c1-22-13-6-4-5-12(18(20)21)15(13)17-16(19)11-8-7-10(24-3)9-14(11)23-2/h4-9H,1-3H3,(H,17,19). The second-order valence-electron chi connectivity index (χ2n) is 4.63. The molecule has 8 heteroatoms. The van der Waals surface area contributed by atoms with Gasteiger partial charge in [0.15, 0.2) is 5.69 Å². The minimum atomic E-state index is -0.577. The first-order chi connectivity index (χ1) is 11.5.